The quantitative estimate of drug-likeness (QED) is 0.727. The van der Waals surface area contributed by atoms with Gasteiger partial charge in [-0.15, -0.1) is 6.58 Å². The minimum absolute atomic E-state index is 0.0200. The molecule has 2 aromatic rings. The van der Waals surface area contributed by atoms with Crippen LogP contribution >= 0.6 is 0 Å². The summed E-state index contributed by atoms with van der Waals surface area (Å²) in [6.45, 7) is 5.66. The molecule has 0 N–H and O–H groups in total. The van der Waals surface area contributed by atoms with Gasteiger partial charge in [0.1, 0.15) is 0 Å². The van der Waals surface area contributed by atoms with Gasteiger partial charge < -0.3 is 0 Å². The average Bonchev–Trinajstić information content (AvgIpc) is 3.02. The molecule has 2 aromatic carbocycles. The van der Waals surface area contributed by atoms with Crippen molar-refractivity contribution in [3.05, 3.63) is 73.3 Å². The molecule has 1 aliphatic rings. The van der Waals surface area contributed by atoms with Crippen LogP contribution in [-0.2, 0) is 19.7 Å². The number of sulfone groups is 2. The summed E-state index contributed by atoms with van der Waals surface area (Å²) in [5.74, 6) is -0.267. The normalized spacial score (nSPS) is 22.8. The molecule has 6 heteroatoms. The highest BCUT2D eigenvalue weighted by molar-refractivity contribution is 8.10. The third-order valence-electron chi connectivity index (χ3n) is 5.30. The summed E-state index contributed by atoms with van der Waals surface area (Å²) < 4.78 is 52.4. The summed E-state index contributed by atoms with van der Waals surface area (Å²) >= 11 is 0. The van der Waals surface area contributed by atoms with Crippen molar-refractivity contribution in [2.75, 3.05) is 0 Å². The molecular formula is C20H22O4S2. The predicted molar refractivity (Wildman–Crippen MR) is 102 cm³/mol. The molecular weight excluding hydrogens is 368 g/mol. The van der Waals surface area contributed by atoms with E-state index in [0.717, 1.165) is 0 Å². The Hall–Kier alpha value is -1.92. The Balaban J connectivity index is 2.28. The van der Waals surface area contributed by atoms with Crippen LogP contribution < -0.4 is 0 Å². The second-order valence-electron chi connectivity index (χ2n) is 6.83. The van der Waals surface area contributed by atoms with E-state index in [1.807, 2.05) is 6.92 Å². The van der Waals surface area contributed by atoms with E-state index < -0.39 is 23.8 Å². The number of rotatable bonds is 5. The van der Waals surface area contributed by atoms with Gasteiger partial charge in [0, 0.05) is 0 Å². The minimum atomic E-state index is -4.12. The summed E-state index contributed by atoms with van der Waals surface area (Å²) in [6.07, 6.45) is 1.75. The molecule has 2 atom stereocenters. The molecule has 0 bridgehead atoms. The lowest BCUT2D eigenvalue weighted by molar-refractivity contribution is 0.503. The smallest absolute Gasteiger partial charge is 0.198 e. The minimum Gasteiger partial charge on any atom is -0.222 e. The van der Waals surface area contributed by atoms with Crippen LogP contribution in [0.2, 0.25) is 0 Å². The predicted octanol–water partition coefficient (Wildman–Crippen LogP) is 3.86. The van der Waals surface area contributed by atoms with Gasteiger partial charge in [-0.1, -0.05) is 49.4 Å². The highest BCUT2D eigenvalue weighted by Gasteiger charge is 2.61. The van der Waals surface area contributed by atoms with Gasteiger partial charge in [-0.2, -0.15) is 0 Å². The zero-order valence-corrected chi connectivity index (χ0v) is 16.2. The summed E-state index contributed by atoms with van der Waals surface area (Å²) in [7, 11) is -8.24. The Bertz CT molecular complexity index is 925. The van der Waals surface area contributed by atoms with Crippen molar-refractivity contribution < 1.29 is 16.8 Å². The van der Waals surface area contributed by atoms with E-state index in [9.17, 15) is 16.8 Å². The molecule has 0 aliphatic heterocycles. The molecule has 0 saturated heterocycles. The summed E-state index contributed by atoms with van der Waals surface area (Å²) in [4.78, 5) is 0.0767. The van der Waals surface area contributed by atoms with Crippen LogP contribution in [-0.4, -0.2) is 20.9 Å². The molecule has 0 aromatic heterocycles. The fourth-order valence-corrected chi connectivity index (χ4v) is 9.22. The molecule has 0 heterocycles. The molecule has 0 amide bonds. The third-order valence-corrected chi connectivity index (χ3v) is 11.0. The lowest BCUT2D eigenvalue weighted by Crippen LogP contribution is -2.44. The fourth-order valence-electron chi connectivity index (χ4n) is 3.81. The van der Waals surface area contributed by atoms with Crippen molar-refractivity contribution >= 4 is 19.7 Å². The van der Waals surface area contributed by atoms with E-state index in [-0.39, 0.29) is 34.5 Å². The van der Waals surface area contributed by atoms with Crippen molar-refractivity contribution in [3.8, 4) is 0 Å². The summed E-state index contributed by atoms with van der Waals surface area (Å²) in [5.41, 5.74) is 0. The third kappa shape index (κ3) is 2.72. The monoisotopic (exact) mass is 390 g/mol. The van der Waals surface area contributed by atoms with E-state index in [1.54, 1.807) is 42.5 Å². The molecule has 138 valence electrons. The molecule has 26 heavy (non-hydrogen) atoms. The zero-order chi connectivity index (χ0) is 19.0. The molecule has 1 fully saturated rings. The van der Waals surface area contributed by atoms with Crippen LogP contribution in [0.5, 0.6) is 0 Å². The highest BCUT2D eigenvalue weighted by Crippen LogP contribution is 2.52. The first-order valence-electron chi connectivity index (χ1n) is 8.48. The Labute approximate surface area is 155 Å². The fraction of sp³-hybridized carbons (Fsp3) is 0.300. The van der Waals surface area contributed by atoms with Gasteiger partial charge in [0.15, 0.2) is 23.8 Å². The SMILES string of the molecule is C=C[C@H]1CC(S(=O)(=O)c2ccccc2)(S(=O)(=O)c2ccccc2)C[C@H]1C. The van der Waals surface area contributed by atoms with Gasteiger partial charge in [0.05, 0.1) is 9.79 Å². The molecule has 3 rings (SSSR count). The summed E-state index contributed by atoms with van der Waals surface area (Å²) in [5, 5.41) is 0. The maximum atomic E-state index is 13.6. The second kappa shape index (κ2) is 6.67. The highest BCUT2D eigenvalue weighted by atomic mass is 32.3. The van der Waals surface area contributed by atoms with Gasteiger partial charge in [-0.25, -0.2) is 16.8 Å². The van der Waals surface area contributed by atoms with Crippen molar-refractivity contribution in [2.45, 2.75) is 33.6 Å². The van der Waals surface area contributed by atoms with Crippen molar-refractivity contribution in [1.29, 1.82) is 0 Å². The van der Waals surface area contributed by atoms with Crippen molar-refractivity contribution in [3.63, 3.8) is 0 Å². The van der Waals surface area contributed by atoms with Crippen LogP contribution in [0, 0.1) is 11.8 Å². The molecule has 0 unspecified atom stereocenters. The molecule has 0 radical (unpaired) electrons. The topological polar surface area (TPSA) is 68.3 Å². The Morgan fingerprint density at radius 3 is 1.62 bits per heavy atom. The van der Waals surface area contributed by atoms with Gasteiger partial charge in [-0.3, -0.25) is 0 Å². The lowest BCUT2D eigenvalue weighted by atomic mass is 9.99. The van der Waals surface area contributed by atoms with E-state index in [1.165, 1.54) is 24.3 Å². The molecule has 1 saturated carbocycles. The van der Waals surface area contributed by atoms with Crippen LogP contribution in [0.4, 0.5) is 0 Å². The van der Waals surface area contributed by atoms with Gasteiger partial charge in [0.2, 0.25) is 0 Å². The van der Waals surface area contributed by atoms with Crippen LogP contribution in [0.15, 0.2) is 83.1 Å². The second-order valence-corrected chi connectivity index (χ2v) is 11.6. The van der Waals surface area contributed by atoms with E-state index in [4.69, 9.17) is 0 Å². The van der Waals surface area contributed by atoms with Gasteiger partial charge in [0.25, 0.3) is 0 Å². The Morgan fingerprint density at radius 2 is 1.27 bits per heavy atom. The number of benzene rings is 2. The first-order chi connectivity index (χ1) is 12.3. The standard InChI is InChI=1S/C20H22O4S2/c1-3-17-15-20(14-16(17)2,25(21,22)18-10-6-4-7-11-18)26(23,24)19-12-8-5-9-13-19/h3-13,16-17H,1,14-15H2,2H3/t16-,17+/m1/s1. The van der Waals surface area contributed by atoms with Crippen molar-refractivity contribution in [1.82, 2.24) is 0 Å². The van der Waals surface area contributed by atoms with Gasteiger partial charge >= 0.3 is 0 Å². The van der Waals surface area contributed by atoms with Gasteiger partial charge in [-0.05, 0) is 48.9 Å². The summed E-state index contributed by atoms with van der Waals surface area (Å²) in [6, 6.07) is 15.7. The average molecular weight is 391 g/mol. The van der Waals surface area contributed by atoms with E-state index >= 15 is 0 Å². The van der Waals surface area contributed by atoms with E-state index in [2.05, 4.69) is 6.58 Å². The molecule has 0 spiro atoms. The maximum absolute atomic E-state index is 13.6. The first-order valence-corrected chi connectivity index (χ1v) is 11.4. The maximum Gasteiger partial charge on any atom is 0.198 e. The van der Waals surface area contributed by atoms with Crippen LogP contribution in [0.1, 0.15) is 19.8 Å². The lowest BCUT2D eigenvalue weighted by Gasteiger charge is -2.29. The number of hydrogen-bond acceptors (Lipinski definition) is 4. The zero-order valence-electron chi connectivity index (χ0n) is 14.6. The molecule has 1 aliphatic carbocycles. The largest absolute Gasteiger partial charge is 0.222 e. The van der Waals surface area contributed by atoms with E-state index in [0.29, 0.717) is 0 Å². The first kappa shape index (κ1) is 18.9. The Morgan fingerprint density at radius 1 is 0.846 bits per heavy atom. The van der Waals surface area contributed by atoms with Crippen LogP contribution in [0.25, 0.3) is 0 Å². The number of hydrogen-bond donors (Lipinski definition) is 0. The van der Waals surface area contributed by atoms with Crippen LogP contribution in [0.3, 0.4) is 0 Å². The number of allylic oxidation sites excluding steroid dienone is 1. The van der Waals surface area contributed by atoms with Crippen molar-refractivity contribution in [2.24, 2.45) is 11.8 Å². The Kier molecular flexibility index (Phi) is 4.84. The molecule has 4 nitrogen and oxygen atoms in total.